The monoisotopic (exact) mass is 327 g/mol. The smallest absolute Gasteiger partial charge is 0.274 e. The number of aromatic nitrogens is 1. The summed E-state index contributed by atoms with van der Waals surface area (Å²) >= 11 is 0. The third-order valence-electron chi connectivity index (χ3n) is 4.62. The summed E-state index contributed by atoms with van der Waals surface area (Å²) < 4.78 is 1.47. The Hall–Kier alpha value is -1.33. The number of carbonyl (C=O) groups excluding carboxylic acids is 1. The number of hydrogen-bond acceptors (Lipinski definition) is 3. The number of carbonyl (C=O) groups is 1. The molecule has 22 heavy (non-hydrogen) atoms. The number of halogens is 1. The topological polar surface area (TPSA) is 77.1 Å². The Morgan fingerprint density at radius 3 is 2.59 bits per heavy atom. The lowest BCUT2D eigenvalue weighted by molar-refractivity contribution is -0.118. The van der Waals surface area contributed by atoms with Crippen molar-refractivity contribution in [3.05, 3.63) is 28.2 Å². The summed E-state index contributed by atoms with van der Waals surface area (Å²) in [6.45, 7) is 2.36. The van der Waals surface area contributed by atoms with E-state index in [9.17, 15) is 9.59 Å². The van der Waals surface area contributed by atoms with Gasteiger partial charge in [-0.1, -0.05) is 19.3 Å². The van der Waals surface area contributed by atoms with E-state index in [2.05, 4.69) is 5.32 Å². The maximum Gasteiger partial charge on any atom is 0.274 e. The molecule has 5 nitrogen and oxygen atoms in total. The summed E-state index contributed by atoms with van der Waals surface area (Å²) in [7, 11) is 1.68. The van der Waals surface area contributed by atoms with Gasteiger partial charge in [-0.05, 0) is 43.4 Å². The molecular formula is C16H26ClN3O2. The lowest BCUT2D eigenvalue weighted by Gasteiger charge is -2.35. The first-order chi connectivity index (χ1) is 9.97. The lowest BCUT2D eigenvalue weighted by Crippen LogP contribution is -2.37. The second kappa shape index (κ2) is 7.79. The maximum atomic E-state index is 12.3. The second-order valence-corrected chi connectivity index (χ2v) is 6.28. The molecule has 0 unspecified atom stereocenters. The zero-order valence-electron chi connectivity index (χ0n) is 13.4. The molecule has 1 aliphatic carbocycles. The van der Waals surface area contributed by atoms with Crippen LogP contribution in [0.3, 0.4) is 0 Å². The van der Waals surface area contributed by atoms with Gasteiger partial charge in [0.15, 0.2) is 0 Å². The number of amides is 1. The van der Waals surface area contributed by atoms with E-state index in [1.54, 1.807) is 13.2 Å². The van der Waals surface area contributed by atoms with Crippen LogP contribution < -0.4 is 16.6 Å². The predicted octanol–water partition coefficient (Wildman–Crippen LogP) is 2.35. The van der Waals surface area contributed by atoms with Gasteiger partial charge in [0.1, 0.15) is 5.69 Å². The van der Waals surface area contributed by atoms with Crippen molar-refractivity contribution in [2.45, 2.75) is 45.4 Å². The molecule has 0 atom stereocenters. The Morgan fingerprint density at radius 2 is 2.00 bits per heavy atom. The largest absolute Gasteiger partial charge is 0.330 e. The fraction of sp³-hybridized carbons (Fsp3) is 0.625. The normalized spacial score (nSPS) is 16.7. The van der Waals surface area contributed by atoms with Crippen LogP contribution in [0.5, 0.6) is 0 Å². The van der Waals surface area contributed by atoms with E-state index in [0.717, 1.165) is 31.2 Å². The molecule has 1 aliphatic rings. The quantitative estimate of drug-likeness (QED) is 0.891. The summed E-state index contributed by atoms with van der Waals surface area (Å²) in [6.07, 6.45) is 7.61. The van der Waals surface area contributed by atoms with Gasteiger partial charge in [-0.15, -0.1) is 12.4 Å². The molecule has 1 amide bonds. The molecule has 1 aromatic heterocycles. The number of nitrogens with one attached hydrogen (secondary N) is 1. The van der Waals surface area contributed by atoms with Gasteiger partial charge in [0.05, 0.1) is 0 Å². The molecule has 2 rings (SSSR count). The molecular weight excluding hydrogens is 302 g/mol. The maximum absolute atomic E-state index is 12.3. The first-order valence-electron chi connectivity index (χ1n) is 7.64. The van der Waals surface area contributed by atoms with E-state index in [1.165, 1.54) is 11.0 Å². The highest BCUT2D eigenvalue weighted by Gasteiger charge is 2.33. The predicted molar refractivity (Wildman–Crippen MR) is 91.5 cm³/mol. The third-order valence-corrected chi connectivity index (χ3v) is 4.62. The van der Waals surface area contributed by atoms with Crippen LogP contribution in [0.15, 0.2) is 17.1 Å². The molecule has 1 aromatic rings. The van der Waals surface area contributed by atoms with E-state index in [-0.39, 0.29) is 29.3 Å². The van der Waals surface area contributed by atoms with Gasteiger partial charge >= 0.3 is 0 Å². The zero-order chi connectivity index (χ0) is 15.5. The average molecular weight is 328 g/mol. The molecule has 0 spiro atoms. The van der Waals surface area contributed by atoms with Crippen molar-refractivity contribution in [3.8, 4) is 0 Å². The molecule has 0 aromatic carbocycles. The Balaban J connectivity index is 0.00000242. The first-order valence-corrected chi connectivity index (χ1v) is 7.64. The fourth-order valence-electron chi connectivity index (χ4n) is 3.15. The van der Waals surface area contributed by atoms with Crippen molar-refractivity contribution in [1.82, 2.24) is 4.57 Å². The van der Waals surface area contributed by atoms with Crippen LogP contribution in [0.25, 0.3) is 0 Å². The molecule has 0 bridgehead atoms. The number of nitrogens with two attached hydrogens (primary N) is 1. The van der Waals surface area contributed by atoms with Gasteiger partial charge in [-0.2, -0.15) is 0 Å². The van der Waals surface area contributed by atoms with Crippen molar-refractivity contribution < 1.29 is 4.79 Å². The molecule has 3 N–H and O–H groups in total. The van der Waals surface area contributed by atoms with E-state index in [0.29, 0.717) is 18.7 Å². The second-order valence-electron chi connectivity index (χ2n) is 6.28. The van der Waals surface area contributed by atoms with Gasteiger partial charge in [-0.3, -0.25) is 9.59 Å². The summed E-state index contributed by atoms with van der Waals surface area (Å²) in [6, 6.07) is 1.83. The van der Waals surface area contributed by atoms with Gasteiger partial charge in [0.2, 0.25) is 5.91 Å². The van der Waals surface area contributed by atoms with Gasteiger partial charge in [0.25, 0.3) is 5.56 Å². The number of rotatable bonds is 4. The van der Waals surface area contributed by atoms with Gasteiger partial charge in [-0.25, -0.2) is 0 Å². The Kier molecular flexibility index (Phi) is 6.63. The van der Waals surface area contributed by atoms with Crippen molar-refractivity contribution in [1.29, 1.82) is 0 Å². The van der Waals surface area contributed by atoms with Crippen LogP contribution >= 0.6 is 12.4 Å². The minimum atomic E-state index is -0.172. The number of pyridine rings is 1. The summed E-state index contributed by atoms with van der Waals surface area (Å²) in [5, 5.41) is 2.80. The molecule has 6 heteroatoms. The third kappa shape index (κ3) is 4.11. The lowest BCUT2D eigenvalue weighted by atomic mass is 9.71. The number of nitrogens with zero attached hydrogens (tertiary/aromatic N) is 1. The minimum Gasteiger partial charge on any atom is -0.330 e. The van der Waals surface area contributed by atoms with Crippen LogP contribution in [0.1, 0.15) is 44.1 Å². The van der Waals surface area contributed by atoms with Crippen molar-refractivity contribution >= 4 is 24.0 Å². The van der Waals surface area contributed by atoms with Crippen LogP contribution in [0.2, 0.25) is 0 Å². The first kappa shape index (κ1) is 18.7. The Morgan fingerprint density at radius 1 is 1.36 bits per heavy atom. The highest BCUT2D eigenvalue weighted by Crippen LogP contribution is 2.38. The van der Waals surface area contributed by atoms with Crippen molar-refractivity contribution in [2.75, 3.05) is 11.9 Å². The van der Waals surface area contributed by atoms with Crippen LogP contribution in [-0.4, -0.2) is 17.0 Å². The van der Waals surface area contributed by atoms with E-state index < -0.39 is 0 Å². The van der Waals surface area contributed by atoms with E-state index in [1.807, 2.05) is 13.0 Å². The van der Waals surface area contributed by atoms with Gasteiger partial charge < -0.3 is 15.6 Å². The fourth-order valence-corrected chi connectivity index (χ4v) is 3.15. The molecule has 0 saturated heterocycles. The molecule has 0 radical (unpaired) electrons. The zero-order valence-corrected chi connectivity index (χ0v) is 14.2. The molecule has 124 valence electrons. The number of aryl methyl sites for hydroxylation is 2. The van der Waals surface area contributed by atoms with Gasteiger partial charge in [0, 0.05) is 19.7 Å². The van der Waals surface area contributed by atoms with Crippen molar-refractivity contribution in [3.63, 3.8) is 0 Å². The van der Waals surface area contributed by atoms with E-state index in [4.69, 9.17) is 5.73 Å². The highest BCUT2D eigenvalue weighted by molar-refractivity contribution is 5.91. The SMILES string of the molecule is Cc1ccn(C)c(=O)c1NC(=O)CC1(CN)CCCCC1.Cl. The summed E-state index contributed by atoms with van der Waals surface area (Å²) in [5.41, 5.74) is 6.83. The minimum absolute atomic E-state index is 0. The summed E-state index contributed by atoms with van der Waals surface area (Å²) in [5.74, 6) is -0.103. The standard InChI is InChI=1S/C16H25N3O2.ClH/c1-12-6-9-19(2)15(21)14(12)18-13(20)10-16(11-17)7-4-3-5-8-16;/h6,9H,3-5,7-8,10-11,17H2,1-2H3,(H,18,20);1H. The van der Waals surface area contributed by atoms with Crippen LogP contribution in [-0.2, 0) is 11.8 Å². The molecule has 0 aliphatic heterocycles. The van der Waals surface area contributed by atoms with Crippen molar-refractivity contribution in [2.24, 2.45) is 18.2 Å². The van der Waals surface area contributed by atoms with Crippen LogP contribution in [0, 0.1) is 12.3 Å². The molecule has 1 fully saturated rings. The number of anilines is 1. The number of hydrogen-bond donors (Lipinski definition) is 2. The Labute approximate surface area is 137 Å². The van der Waals surface area contributed by atoms with Crippen LogP contribution in [0.4, 0.5) is 5.69 Å². The van der Waals surface area contributed by atoms with E-state index >= 15 is 0 Å². The summed E-state index contributed by atoms with van der Waals surface area (Å²) in [4.78, 5) is 24.4. The molecule has 1 saturated carbocycles. The highest BCUT2D eigenvalue weighted by atomic mass is 35.5. The average Bonchev–Trinajstić information content (AvgIpc) is 2.48. The molecule has 1 heterocycles. The Bertz CT molecular complexity index is 577.